The van der Waals surface area contributed by atoms with Crippen molar-refractivity contribution in [2.24, 2.45) is 10.4 Å². The number of rotatable bonds is 7. The van der Waals surface area contributed by atoms with E-state index in [4.69, 9.17) is 4.74 Å². The number of hydrogen-bond donors (Lipinski definition) is 2. The zero-order chi connectivity index (χ0) is 16.7. The Morgan fingerprint density at radius 3 is 2.62 bits per heavy atom. The van der Waals surface area contributed by atoms with Gasteiger partial charge in [0, 0.05) is 33.9 Å². The zero-order valence-electron chi connectivity index (χ0n) is 14.8. The lowest BCUT2D eigenvalue weighted by Gasteiger charge is -2.42. The van der Waals surface area contributed by atoms with Gasteiger partial charge in [0.1, 0.15) is 5.82 Å². The lowest BCUT2D eigenvalue weighted by Crippen LogP contribution is -2.46. The summed E-state index contributed by atoms with van der Waals surface area (Å²) in [5, 5.41) is 6.66. The van der Waals surface area contributed by atoms with Crippen LogP contribution in [0.15, 0.2) is 23.2 Å². The predicted octanol–water partition coefficient (Wildman–Crippen LogP) is 3.62. The van der Waals surface area contributed by atoms with Crippen LogP contribution in [0.5, 0.6) is 0 Å². The molecule has 0 amide bonds. The number of guanidine groups is 1. The summed E-state index contributed by atoms with van der Waals surface area (Å²) in [5.74, 6) is 0.593. The Bertz CT molecular complexity index is 547. The van der Waals surface area contributed by atoms with Gasteiger partial charge >= 0.3 is 0 Å². The van der Waals surface area contributed by atoms with E-state index in [1.165, 1.54) is 19.3 Å². The first kappa shape index (κ1) is 21.2. The van der Waals surface area contributed by atoms with E-state index in [2.05, 4.69) is 15.6 Å². The fourth-order valence-electron chi connectivity index (χ4n) is 2.93. The Hall–Kier alpha value is -0.890. The molecule has 6 heteroatoms. The molecule has 0 aromatic heterocycles. The number of hydrogen-bond acceptors (Lipinski definition) is 2. The minimum atomic E-state index is -0.166. The van der Waals surface area contributed by atoms with E-state index in [9.17, 15) is 4.39 Å². The molecule has 4 nitrogen and oxygen atoms in total. The van der Waals surface area contributed by atoms with Crippen molar-refractivity contribution < 1.29 is 9.13 Å². The van der Waals surface area contributed by atoms with E-state index in [0.717, 1.165) is 31.1 Å². The fraction of sp³-hybridized carbons (Fsp3) is 0.611. The Morgan fingerprint density at radius 2 is 2.08 bits per heavy atom. The first-order valence-corrected chi connectivity index (χ1v) is 8.27. The highest BCUT2D eigenvalue weighted by molar-refractivity contribution is 14.0. The maximum absolute atomic E-state index is 13.6. The molecule has 2 rings (SSSR count). The first-order valence-electron chi connectivity index (χ1n) is 8.27. The van der Waals surface area contributed by atoms with E-state index >= 15 is 0 Å². The second kappa shape index (κ2) is 10.2. The number of nitrogens with one attached hydrogen (secondary N) is 2. The average molecular weight is 449 g/mol. The predicted molar refractivity (Wildman–Crippen MR) is 108 cm³/mol. The summed E-state index contributed by atoms with van der Waals surface area (Å²) < 4.78 is 18.8. The molecule has 0 aliphatic heterocycles. The van der Waals surface area contributed by atoms with Crippen LogP contribution >= 0.6 is 24.0 Å². The summed E-state index contributed by atoms with van der Waals surface area (Å²) in [6.45, 7) is 4.03. The van der Waals surface area contributed by atoms with Crippen LogP contribution in [0.4, 0.5) is 4.39 Å². The van der Waals surface area contributed by atoms with Gasteiger partial charge in [-0.3, -0.25) is 4.99 Å². The minimum Gasteiger partial charge on any atom is -0.385 e. The van der Waals surface area contributed by atoms with Crippen molar-refractivity contribution in [2.45, 2.75) is 39.2 Å². The molecule has 0 bridgehead atoms. The molecule has 1 fully saturated rings. The molecule has 2 N–H and O–H groups in total. The van der Waals surface area contributed by atoms with E-state index in [1.54, 1.807) is 33.2 Å². The monoisotopic (exact) mass is 449 g/mol. The van der Waals surface area contributed by atoms with E-state index in [1.807, 2.05) is 6.07 Å². The third-order valence-corrected chi connectivity index (χ3v) is 4.80. The van der Waals surface area contributed by atoms with E-state index in [-0.39, 0.29) is 29.8 Å². The summed E-state index contributed by atoms with van der Waals surface area (Å²) in [6, 6.07) is 5.31. The maximum atomic E-state index is 13.6. The van der Waals surface area contributed by atoms with Crippen molar-refractivity contribution in [1.82, 2.24) is 10.6 Å². The average Bonchev–Trinajstić information content (AvgIpc) is 2.52. The van der Waals surface area contributed by atoms with E-state index < -0.39 is 0 Å². The number of aliphatic imine (C=N–C) groups is 1. The SMILES string of the molecule is CN=C(NCc1ccc(C)c(F)c1)NCC1(CCOC)CCC1.I. The normalized spacial score (nSPS) is 16.1. The maximum Gasteiger partial charge on any atom is 0.191 e. The molecule has 0 radical (unpaired) electrons. The molecule has 24 heavy (non-hydrogen) atoms. The zero-order valence-corrected chi connectivity index (χ0v) is 17.2. The molecule has 0 atom stereocenters. The van der Waals surface area contributed by atoms with Crippen LogP contribution in [0.3, 0.4) is 0 Å². The Balaban J connectivity index is 0.00000288. The van der Waals surface area contributed by atoms with E-state index in [0.29, 0.717) is 17.5 Å². The quantitative estimate of drug-likeness (QED) is 0.380. The van der Waals surface area contributed by atoms with Crippen molar-refractivity contribution in [2.75, 3.05) is 27.3 Å². The smallest absolute Gasteiger partial charge is 0.191 e. The topological polar surface area (TPSA) is 45.7 Å². The highest BCUT2D eigenvalue weighted by Gasteiger charge is 2.36. The van der Waals surface area contributed by atoms with Gasteiger partial charge in [-0.2, -0.15) is 0 Å². The van der Waals surface area contributed by atoms with Gasteiger partial charge in [-0.25, -0.2) is 4.39 Å². The van der Waals surface area contributed by atoms with Crippen LogP contribution in [0, 0.1) is 18.2 Å². The van der Waals surface area contributed by atoms with Crippen molar-refractivity contribution in [3.8, 4) is 0 Å². The largest absolute Gasteiger partial charge is 0.385 e. The molecular weight excluding hydrogens is 420 g/mol. The number of nitrogens with zero attached hydrogens (tertiary/aromatic N) is 1. The first-order chi connectivity index (χ1) is 11.1. The molecule has 1 aromatic rings. The molecule has 0 unspecified atom stereocenters. The molecule has 0 heterocycles. The van der Waals surface area contributed by atoms with Crippen LogP contribution in [0.25, 0.3) is 0 Å². The third kappa shape index (κ3) is 5.88. The standard InChI is InChI=1S/C18H28FN3O.HI/c1-14-5-6-15(11-16(14)19)12-21-17(20-2)22-13-18(7-4-8-18)9-10-23-3;/h5-6,11H,4,7-10,12-13H2,1-3H3,(H2,20,21,22);1H. The van der Waals surface area contributed by atoms with Gasteiger partial charge in [0.2, 0.25) is 0 Å². The van der Waals surface area contributed by atoms with Crippen LogP contribution in [0.2, 0.25) is 0 Å². The summed E-state index contributed by atoms with van der Waals surface area (Å²) in [5.41, 5.74) is 1.92. The van der Waals surface area contributed by atoms with Crippen molar-refractivity contribution in [3.05, 3.63) is 35.1 Å². The van der Waals surface area contributed by atoms with Gasteiger partial charge in [-0.05, 0) is 48.8 Å². The van der Waals surface area contributed by atoms with Gasteiger partial charge in [0.15, 0.2) is 5.96 Å². The molecule has 1 aliphatic rings. The van der Waals surface area contributed by atoms with Crippen molar-refractivity contribution in [3.63, 3.8) is 0 Å². The molecular formula is C18H29FIN3O. The summed E-state index contributed by atoms with van der Waals surface area (Å²) in [6.07, 6.45) is 4.85. The fourth-order valence-corrected chi connectivity index (χ4v) is 2.93. The number of aryl methyl sites for hydroxylation is 1. The number of methoxy groups -OCH3 is 1. The lowest BCUT2D eigenvalue weighted by atomic mass is 9.67. The summed E-state index contributed by atoms with van der Waals surface area (Å²) in [7, 11) is 3.51. The third-order valence-electron chi connectivity index (χ3n) is 4.80. The number of halogens is 2. The van der Waals surface area contributed by atoms with Gasteiger partial charge in [-0.15, -0.1) is 24.0 Å². The molecule has 0 spiro atoms. The Kier molecular flexibility index (Phi) is 8.97. The second-order valence-electron chi connectivity index (χ2n) is 6.46. The van der Waals surface area contributed by atoms with Gasteiger partial charge < -0.3 is 15.4 Å². The molecule has 1 aliphatic carbocycles. The Morgan fingerprint density at radius 1 is 1.33 bits per heavy atom. The molecule has 1 aromatic carbocycles. The van der Waals surface area contributed by atoms with Gasteiger partial charge in [0.25, 0.3) is 0 Å². The van der Waals surface area contributed by atoms with Crippen molar-refractivity contribution in [1.29, 1.82) is 0 Å². The van der Waals surface area contributed by atoms with Gasteiger partial charge in [0.05, 0.1) is 0 Å². The summed E-state index contributed by atoms with van der Waals surface area (Å²) in [4.78, 5) is 4.25. The van der Waals surface area contributed by atoms with Crippen LogP contribution < -0.4 is 10.6 Å². The van der Waals surface area contributed by atoms with Gasteiger partial charge in [-0.1, -0.05) is 18.6 Å². The second-order valence-corrected chi connectivity index (χ2v) is 6.46. The highest BCUT2D eigenvalue weighted by Crippen LogP contribution is 2.43. The van der Waals surface area contributed by atoms with Crippen LogP contribution in [0.1, 0.15) is 36.8 Å². The van der Waals surface area contributed by atoms with Crippen molar-refractivity contribution >= 4 is 29.9 Å². The number of benzene rings is 1. The van der Waals surface area contributed by atoms with Crippen LogP contribution in [-0.4, -0.2) is 33.3 Å². The Labute approximate surface area is 161 Å². The minimum absolute atomic E-state index is 0. The highest BCUT2D eigenvalue weighted by atomic mass is 127. The molecule has 1 saturated carbocycles. The summed E-state index contributed by atoms with van der Waals surface area (Å²) >= 11 is 0. The van der Waals surface area contributed by atoms with Crippen LogP contribution in [-0.2, 0) is 11.3 Å². The number of ether oxygens (including phenoxy) is 1. The molecule has 136 valence electrons. The molecule has 0 saturated heterocycles. The lowest BCUT2D eigenvalue weighted by molar-refractivity contribution is 0.0732.